The van der Waals surface area contributed by atoms with Crippen molar-refractivity contribution in [1.29, 1.82) is 5.41 Å². The van der Waals surface area contributed by atoms with Crippen molar-refractivity contribution in [2.45, 2.75) is 19.8 Å². The maximum Gasteiger partial charge on any atom is 0.0923 e. The van der Waals surface area contributed by atoms with Crippen LogP contribution in [0.2, 0.25) is 0 Å². The lowest BCUT2D eigenvalue weighted by Gasteiger charge is -2.21. The highest BCUT2D eigenvalue weighted by Crippen LogP contribution is 2.06. The molecule has 1 heterocycles. The molecule has 1 aliphatic heterocycles. The molecule has 1 saturated heterocycles. The number of likely N-dealkylation sites (N-methyl/N-ethyl adjacent to an activating group) is 1. The maximum atomic E-state index is 7.38. The Labute approximate surface area is 74.9 Å². The second-order valence-electron chi connectivity index (χ2n) is 3.56. The van der Waals surface area contributed by atoms with E-state index < -0.39 is 0 Å². The monoisotopic (exact) mass is 169 g/mol. The van der Waals surface area contributed by atoms with E-state index in [9.17, 15) is 0 Å². The molecule has 3 nitrogen and oxygen atoms in total. The molecule has 0 aromatic rings. The van der Waals surface area contributed by atoms with Gasteiger partial charge < -0.3 is 9.80 Å². The zero-order valence-corrected chi connectivity index (χ0v) is 8.14. The SMILES string of the molecule is CC(=N)N(C)CCN1CCCC1. The van der Waals surface area contributed by atoms with E-state index in [1.165, 1.54) is 25.9 Å². The fraction of sp³-hybridized carbons (Fsp3) is 0.889. The molecule has 0 unspecified atom stereocenters. The van der Waals surface area contributed by atoms with Gasteiger partial charge in [0.25, 0.3) is 0 Å². The average molecular weight is 169 g/mol. The first-order valence-electron chi connectivity index (χ1n) is 4.69. The van der Waals surface area contributed by atoms with Crippen molar-refractivity contribution >= 4 is 5.84 Å². The molecule has 1 N–H and O–H groups in total. The third-order valence-corrected chi connectivity index (χ3v) is 2.52. The van der Waals surface area contributed by atoms with Gasteiger partial charge in [0.15, 0.2) is 0 Å². The van der Waals surface area contributed by atoms with Gasteiger partial charge in [-0.15, -0.1) is 0 Å². The van der Waals surface area contributed by atoms with Gasteiger partial charge in [0.2, 0.25) is 0 Å². The molecule has 12 heavy (non-hydrogen) atoms. The van der Waals surface area contributed by atoms with E-state index in [-0.39, 0.29) is 0 Å². The lowest BCUT2D eigenvalue weighted by Crippen LogP contribution is -2.33. The Hall–Kier alpha value is -0.570. The highest BCUT2D eigenvalue weighted by molar-refractivity contribution is 5.75. The van der Waals surface area contributed by atoms with Gasteiger partial charge in [-0.1, -0.05) is 0 Å². The Morgan fingerprint density at radius 2 is 2.00 bits per heavy atom. The van der Waals surface area contributed by atoms with Crippen molar-refractivity contribution in [3.05, 3.63) is 0 Å². The molecule has 0 bridgehead atoms. The van der Waals surface area contributed by atoms with Crippen LogP contribution in [0.3, 0.4) is 0 Å². The van der Waals surface area contributed by atoms with Gasteiger partial charge in [0.1, 0.15) is 0 Å². The van der Waals surface area contributed by atoms with E-state index in [4.69, 9.17) is 5.41 Å². The minimum absolute atomic E-state index is 0.661. The molecule has 70 valence electrons. The van der Waals surface area contributed by atoms with E-state index in [0.29, 0.717) is 5.84 Å². The van der Waals surface area contributed by atoms with Gasteiger partial charge in [-0.25, -0.2) is 0 Å². The van der Waals surface area contributed by atoms with Gasteiger partial charge in [-0.3, -0.25) is 5.41 Å². The topological polar surface area (TPSA) is 30.3 Å². The second-order valence-corrected chi connectivity index (χ2v) is 3.56. The van der Waals surface area contributed by atoms with Crippen molar-refractivity contribution in [3.8, 4) is 0 Å². The predicted molar refractivity (Wildman–Crippen MR) is 51.7 cm³/mol. The number of amidine groups is 1. The van der Waals surface area contributed by atoms with Crippen LogP contribution in [-0.2, 0) is 0 Å². The Bertz CT molecular complexity index is 150. The summed E-state index contributed by atoms with van der Waals surface area (Å²) < 4.78 is 0. The number of nitrogens with one attached hydrogen (secondary N) is 1. The molecule has 0 spiro atoms. The highest BCUT2D eigenvalue weighted by Gasteiger charge is 2.11. The van der Waals surface area contributed by atoms with Gasteiger partial charge in [-0.2, -0.15) is 0 Å². The van der Waals surface area contributed by atoms with Crippen molar-refractivity contribution in [2.24, 2.45) is 0 Å². The van der Waals surface area contributed by atoms with Crippen molar-refractivity contribution < 1.29 is 0 Å². The van der Waals surface area contributed by atoms with Crippen LogP contribution >= 0.6 is 0 Å². The van der Waals surface area contributed by atoms with Crippen LogP contribution in [0.15, 0.2) is 0 Å². The fourth-order valence-corrected chi connectivity index (χ4v) is 1.47. The maximum absolute atomic E-state index is 7.38. The van der Waals surface area contributed by atoms with E-state index in [0.717, 1.165) is 13.1 Å². The predicted octanol–water partition coefficient (Wildman–Crippen LogP) is 1.01. The Balaban J connectivity index is 2.11. The largest absolute Gasteiger partial charge is 0.363 e. The molecule has 0 saturated carbocycles. The lowest BCUT2D eigenvalue weighted by molar-refractivity contribution is 0.306. The van der Waals surface area contributed by atoms with Crippen LogP contribution in [-0.4, -0.2) is 48.9 Å². The van der Waals surface area contributed by atoms with Crippen molar-refractivity contribution in [3.63, 3.8) is 0 Å². The molecular formula is C9H19N3. The van der Waals surface area contributed by atoms with Crippen LogP contribution in [0, 0.1) is 5.41 Å². The van der Waals surface area contributed by atoms with Crippen LogP contribution in [0.5, 0.6) is 0 Å². The standard InChI is InChI=1S/C9H19N3/c1-9(10)11(2)7-8-12-5-3-4-6-12/h10H,3-8H2,1-2H3. The van der Waals surface area contributed by atoms with E-state index in [1.54, 1.807) is 0 Å². The zero-order valence-electron chi connectivity index (χ0n) is 8.14. The normalized spacial score (nSPS) is 18.2. The Morgan fingerprint density at radius 1 is 1.42 bits per heavy atom. The minimum atomic E-state index is 0.661. The second kappa shape index (κ2) is 4.45. The molecule has 0 radical (unpaired) electrons. The van der Waals surface area contributed by atoms with Crippen LogP contribution in [0.1, 0.15) is 19.8 Å². The van der Waals surface area contributed by atoms with E-state index in [1.807, 2.05) is 18.9 Å². The summed E-state index contributed by atoms with van der Waals surface area (Å²) in [6, 6.07) is 0. The summed E-state index contributed by atoms with van der Waals surface area (Å²) in [4.78, 5) is 4.47. The van der Waals surface area contributed by atoms with Gasteiger partial charge in [0, 0.05) is 20.1 Å². The van der Waals surface area contributed by atoms with Crippen LogP contribution in [0.4, 0.5) is 0 Å². The average Bonchev–Trinajstić information content (AvgIpc) is 2.51. The molecule has 0 aromatic carbocycles. The number of likely N-dealkylation sites (tertiary alicyclic amines) is 1. The molecule has 1 aliphatic rings. The number of hydrogen-bond donors (Lipinski definition) is 1. The summed E-state index contributed by atoms with van der Waals surface area (Å²) >= 11 is 0. The first-order chi connectivity index (χ1) is 5.70. The number of rotatable bonds is 3. The fourth-order valence-electron chi connectivity index (χ4n) is 1.47. The lowest BCUT2D eigenvalue weighted by atomic mass is 10.4. The highest BCUT2D eigenvalue weighted by atomic mass is 15.2. The molecule has 0 amide bonds. The first-order valence-corrected chi connectivity index (χ1v) is 4.69. The summed E-state index contributed by atoms with van der Waals surface area (Å²) in [6.07, 6.45) is 2.71. The summed E-state index contributed by atoms with van der Waals surface area (Å²) in [5, 5.41) is 7.38. The summed E-state index contributed by atoms with van der Waals surface area (Å²) in [6.45, 7) is 6.46. The third kappa shape index (κ3) is 2.81. The minimum Gasteiger partial charge on any atom is -0.363 e. The smallest absolute Gasteiger partial charge is 0.0923 e. The Morgan fingerprint density at radius 3 is 2.50 bits per heavy atom. The third-order valence-electron chi connectivity index (χ3n) is 2.52. The summed E-state index contributed by atoms with van der Waals surface area (Å²) in [5.74, 6) is 0.661. The summed E-state index contributed by atoms with van der Waals surface area (Å²) in [5.41, 5.74) is 0. The van der Waals surface area contributed by atoms with Gasteiger partial charge >= 0.3 is 0 Å². The Kier molecular flexibility index (Phi) is 3.53. The van der Waals surface area contributed by atoms with Crippen LogP contribution in [0.25, 0.3) is 0 Å². The van der Waals surface area contributed by atoms with Crippen molar-refractivity contribution in [1.82, 2.24) is 9.80 Å². The van der Waals surface area contributed by atoms with Crippen molar-refractivity contribution in [2.75, 3.05) is 33.2 Å². The molecular weight excluding hydrogens is 150 g/mol. The molecule has 1 fully saturated rings. The summed E-state index contributed by atoms with van der Waals surface area (Å²) in [7, 11) is 1.98. The molecule has 0 aliphatic carbocycles. The van der Waals surface area contributed by atoms with Gasteiger partial charge in [0.05, 0.1) is 5.84 Å². The zero-order chi connectivity index (χ0) is 8.97. The van der Waals surface area contributed by atoms with E-state index in [2.05, 4.69) is 4.90 Å². The molecule has 0 aromatic heterocycles. The van der Waals surface area contributed by atoms with Crippen LogP contribution < -0.4 is 0 Å². The van der Waals surface area contributed by atoms with Gasteiger partial charge in [-0.05, 0) is 32.9 Å². The van der Waals surface area contributed by atoms with E-state index >= 15 is 0 Å². The quantitative estimate of drug-likeness (QED) is 0.505. The molecule has 0 atom stereocenters. The molecule has 3 heteroatoms. The first kappa shape index (κ1) is 9.52. The molecule has 1 rings (SSSR count). The number of nitrogens with zero attached hydrogens (tertiary/aromatic N) is 2. The number of hydrogen-bond acceptors (Lipinski definition) is 2.